The van der Waals surface area contributed by atoms with Crippen LogP contribution in [-0.4, -0.2) is 51.9 Å². The number of hydrogen-bond donors (Lipinski definition) is 1. The molecule has 0 radical (unpaired) electrons. The molecular weight excluding hydrogens is 296 g/mol. The lowest BCUT2D eigenvalue weighted by Gasteiger charge is -2.25. The van der Waals surface area contributed by atoms with Gasteiger partial charge in [0.1, 0.15) is 12.5 Å². The van der Waals surface area contributed by atoms with Gasteiger partial charge in [-0.05, 0) is 0 Å². The Morgan fingerprint density at radius 3 is 3.15 bits per heavy atom. The third-order valence-electron chi connectivity index (χ3n) is 3.29. The number of aldehydes is 1. The van der Waals surface area contributed by atoms with Gasteiger partial charge in [-0.1, -0.05) is 0 Å². The first-order chi connectivity index (χ1) is 9.69. The van der Waals surface area contributed by atoms with Crippen LogP contribution in [0.3, 0.4) is 0 Å². The highest BCUT2D eigenvalue weighted by molar-refractivity contribution is 7.88. The Morgan fingerprint density at radius 2 is 2.50 bits per heavy atom. The largest absolute Gasteiger partial charge is 0.598 e. The van der Waals surface area contributed by atoms with E-state index in [0.717, 1.165) is 22.8 Å². The van der Waals surface area contributed by atoms with Crippen LogP contribution in [0, 0.1) is 0 Å². The van der Waals surface area contributed by atoms with Gasteiger partial charge in [0.05, 0.1) is 12.6 Å². The minimum atomic E-state index is -1.07. The molecule has 0 aromatic carbocycles. The number of carbonyl (C=O) groups is 1. The molecule has 2 unspecified atom stereocenters. The zero-order valence-corrected chi connectivity index (χ0v) is 12.5. The molecular formula is C12H14N4O2S2. The first-order valence-corrected chi connectivity index (χ1v) is 8.61. The minimum absolute atomic E-state index is 0.0639. The molecule has 1 fully saturated rings. The van der Waals surface area contributed by atoms with Crippen LogP contribution in [-0.2, 0) is 16.2 Å². The van der Waals surface area contributed by atoms with Crippen LogP contribution < -0.4 is 4.72 Å². The Kier molecular flexibility index (Phi) is 3.88. The van der Waals surface area contributed by atoms with Gasteiger partial charge in [-0.3, -0.25) is 9.79 Å². The molecule has 0 saturated carbocycles. The molecule has 1 N–H and O–H groups in total. The maximum atomic E-state index is 11.3. The molecule has 2 aliphatic heterocycles. The summed E-state index contributed by atoms with van der Waals surface area (Å²) in [5.41, 5.74) is 1.68. The third kappa shape index (κ3) is 2.51. The van der Waals surface area contributed by atoms with Gasteiger partial charge in [0.25, 0.3) is 0 Å². The van der Waals surface area contributed by atoms with Crippen molar-refractivity contribution >= 4 is 34.8 Å². The number of fused-ring (bicyclic) bond motifs is 1. The Bertz CT molecular complexity index is 568. The highest BCUT2D eigenvalue weighted by Crippen LogP contribution is 2.30. The lowest BCUT2D eigenvalue weighted by Crippen LogP contribution is -2.38. The lowest BCUT2D eigenvalue weighted by atomic mass is 10.1. The van der Waals surface area contributed by atoms with E-state index in [-0.39, 0.29) is 6.04 Å². The summed E-state index contributed by atoms with van der Waals surface area (Å²) in [6, 6.07) is 0.0639. The van der Waals surface area contributed by atoms with Crippen molar-refractivity contribution in [1.29, 1.82) is 0 Å². The zero-order valence-electron chi connectivity index (χ0n) is 10.9. The quantitative estimate of drug-likeness (QED) is 0.639. The van der Waals surface area contributed by atoms with Crippen molar-refractivity contribution in [3.8, 4) is 0 Å². The van der Waals surface area contributed by atoms with Gasteiger partial charge in [0.15, 0.2) is 10.8 Å². The van der Waals surface area contributed by atoms with Crippen molar-refractivity contribution < 1.29 is 9.35 Å². The van der Waals surface area contributed by atoms with Gasteiger partial charge < -0.3 is 9.45 Å². The number of nitrogens with one attached hydrogen (secondary N) is 1. The van der Waals surface area contributed by atoms with E-state index in [1.54, 1.807) is 12.5 Å². The van der Waals surface area contributed by atoms with E-state index in [2.05, 4.69) is 14.7 Å². The van der Waals surface area contributed by atoms with Crippen LogP contribution in [0.15, 0.2) is 27.8 Å². The van der Waals surface area contributed by atoms with Gasteiger partial charge in [0.2, 0.25) is 0 Å². The molecule has 0 amide bonds. The fourth-order valence-corrected chi connectivity index (χ4v) is 3.81. The van der Waals surface area contributed by atoms with Crippen LogP contribution in [0.1, 0.15) is 11.4 Å². The first kappa shape index (κ1) is 13.7. The van der Waals surface area contributed by atoms with Gasteiger partial charge in [-0.15, -0.1) is 16.1 Å². The topological polar surface area (TPSA) is 80.6 Å². The van der Waals surface area contributed by atoms with E-state index in [9.17, 15) is 9.35 Å². The van der Waals surface area contributed by atoms with E-state index in [4.69, 9.17) is 0 Å². The summed E-state index contributed by atoms with van der Waals surface area (Å²) in [4.78, 5) is 22.0. The van der Waals surface area contributed by atoms with E-state index in [0.29, 0.717) is 25.1 Å². The maximum Gasteiger partial charge on any atom is 0.165 e. The van der Waals surface area contributed by atoms with Crippen molar-refractivity contribution in [2.45, 2.75) is 12.5 Å². The van der Waals surface area contributed by atoms with Crippen molar-refractivity contribution in [2.75, 3.05) is 19.3 Å². The lowest BCUT2D eigenvalue weighted by molar-refractivity contribution is -0.105. The molecule has 3 heterocycles. The molecule has 8 heteroatoms. The Balaban J connectivity index is 1.89. The van der Waals surface area contributed by atoms with Gasteiger partial charge in [-0.25, -0.2) is 4.98 Å². The Morgan fingerprint density at radius 1 is 1.65 bits per heavy atom. The van der Waals surface area contributed by atoms with E-state index < -0.39 is 11.4 Å². The second-order valence-electron chi connectivity index (χ2n) is 4.65. The molecule has 2 aliphatic rings. The molecule has 1 saturated heterocycles. The van der Waals surface area contributed by atoms with E-state index in [1.807, 2.05) is 10.3 Å². The van der Waals surface area contributed by atoms with E-state index >= 15 is 0 Å². The number of hydrogen-bond acceptors (Lipinski definition) is 7. The molecule has 2 atom stereocenters. The minimum Gasteiger partial charge on any atom is -0.598 e. The predicted molar refractivity (Wildman–Crippen MR) is 78.9 cm³/mol. The van der Waals surface area contributed by atoms with Crippen molar-refractivity contribution in [3.63, 3.8) is 0 Å². The summed E-state index contributed by atoms with van der Waals surface area (Å²) < 4.78 is 14.3. The number of carbonyl (C=O) groups excluding carboxylic acids is 1. The summed E-state index contributed by atoms with van der Waals surface area (Å²) in [5.74, 6) is 0.812. The fraction of sp³-hybridized carbons (Fsp3) is 0.417. The first-order valence-electron chi connectivity index (χ1n) is 6.17. The number of rotatable bonds is 4. The second-order valence-corrected chi connectivity index (χ2v) is 6.69. The number of thiazole rings is 1. The molecule has 0 spiro atoms. The summed E-state index contributed by atoms with van der Waals surface area (Å²) >= 11 is 0.457. The van der Waals surface area contributed by atoms with Crippen LogP contribution in [0.4, 0.5) is 0 Å². The average molecular weight is 310 g/mol. The van der Waals surface area contributed by atoms with Crippen LogP contribution in [0.25, 0.3) is 0 Å². The molecule has 1 aromatic heterocycles. The van der Waals surface area contributed by atoms with Gasteiger partial charge >= 0.3 is 0 Å². The van der Waals surface area contributed by atoms with Crippen LogP contribution in [0.5, 0.6) is 0 Å². The maximum absolute atomic E-state index is 11.3. The predicted octanol–water partition coefficient (Wildman–Crippen LogP) is 0.314. The highest BCUT2D eigenvalue weighted by atomic mass is 32.2. The fourth-order valence-electron chi connectivity index (χ4n) is 2.53. The van der Waals surface area contributed by atoms with Gasteiger partial charge in [0, 0.05) is 47.2 Å². The van der Waals surface area contributed by atoms with Crippen LogP contribution in [0.2, 0.25) is 0 Å². The summed E-state index contributed by atoms with van der Waals surface area (Å²) in [7, 11) is 0. The molecule has 0 bridgehead atoms. The monoisotopic (exact) mass is 310 g/mol. The molecule has 1 aromatic rings. The summed E-state index contributed by atoms with van der Waals surface area (Å²) in [6.07, 6.45) is 4.92. The number of aromatic nitrogens is 1. The van der Waals surface area contributed by atoms with Crippen molar-refractivity contribution in [3.05, 3.63) is 27.9 Å². The zero-order chi connectivity index (χ0) is 14.1. The number of amidine groups is 1. The van der Waals surface area contributed by atoms with E-state index in [1.165, 1.54) is 11.3 Å². The normalized spacial score (nSPS) is 23.6. The molecule has 0 aliphatic carbocycles. The summed E-state index contributed by atoms with van der Waals surface area (Å²) in [6.45, 7) is 1.05. The van der Waals surface area contributed by atoms with Crippen LogP contribution >= 0.6 is 11.3 Å². The number of aliphatic imine (C=N–C) groups is 1. The van der Waals surface area contributed by atoms with Crippen molar-refractivity contribution in [2.24, 2.45) is 4.99 Å². The SMILES string of the molecule is C[S+]([O-])NC1CC2=C(C=O)CN=C(c3nccs3)N2C1. The average Bonchev–Trinajstić information content (AvgIpc) is 3.05. The second kappa shape index (κ2) is 5.65. The Labute approximate surface area is 123 Å². The smallest absolute Gasteiger partial charge is 0.165 e. The molecule has 3 rings (SSSR count). The van der Waals surface area contributed by atoms with Crippen molar-refractivity contribution in [1.82, 2.24) is 14.6 Å². The highest BCUT2D eigenvalue weighted by Gasteiger charge is 2.36. The number of nitrogens with zero attached hydrogens (tertiary/aromatic N) is 3. The summed E-state index contributed by atoms with van der Waals surface area (Å²) in [5, 5.41) is 2.76. The molecule has 6 nitrogen and oxygen atoms in total. The Hall–Kier alpha value is -1.22. The van der Waals surface area contributed by atoms with Gasteiger partial charge in [-0.2, -0.15) is 0 Å². The molecule has 106 valence electrons. The third-order valence-corrected chi connectivity index (χ3v) is 4.73. The molecule has 20 heavy (non-hydrogen) atoms. The standard InChI is InChI=1S/C12H14N4O2S2/c1-20(18)15-9-4-10-8(7-17)5-14-11(16(10)6-9)12-13-2-3-19-12/h2-3,7,9,15H,4-6H2,1H3.